The van der Waals surface area contributed by atoms with Crippen LogP contribution in [0.1, 0.15) is 0 Å². The van der Waals surface area contributed by atoms with E-state index in [0.717, 1.165) is 16.9 Å². The molecule has 0 N–H and O–H groups in total. The summed E-state index contributed by atoms with van der Waals surface area (Å²) in [5, 5.41) is 5.30. The summed E-state index contributed by atoms with van der Waals surface area (Å²) < 4.78 is 1.68. The van der Waals surface area contributed by atoms with E-state index in [4.69, 9.17) is 23.2 Å². The molecule has 0 saturated heterocycles. The van der Waals surface area contributed by atoms with Gasteiger partial charge in [0.25, 0.3) is 0 Å². The highest BCUT2D eigenvalue weighted by atomic mass is 35.5. The molecular weight excluding hydrogens is 257 g/mol. The first-order chi connectivity index (χ1) is 8.25. The average Bonchev–Trinajstić information content (AvgIpc) is 2.72. The zero-order valence-corrected chi connectivity index (χ0v) is 10.2. The lowest BCUT2D eigenvalue weighted by Gasteiger charge is -2.03. The van der Waals surface area contributed by atoms with Crippen molar-refractivity contribution in [3.05, 3.63) is 52.8 Å². The smallest absolute Gasteiger partial charge is 0.154 e. The first-order valence-electron chi connectivity index (χ1n) is 5.01. The zero-order valence-electron chi connectivity index (χ0n) is 8.64. The van der Waals surface area contributed by atoms with E-state index in [2.05, 4.69) is 10.1 Å². The van der Waals surface area contributed by atoms with E-state index < -0.39 is 0 Å². The van der Waals surface area contributed by atoms with Crippen molar-refractivity contribution in [2.75, 3.05) is 0 Å². The summed E-state index contributed by atoms with van der Waals surface area (Å²) in [5.74, 6) is 0. The van der Waals surface area contributed by atoms with E-state index in [-0.39, 0.29) is 0 Å². The predicted octanol–water partition coefficient (Wildman–Crippen LogP) is 3.70. The molecule has 0 radical (unpaired) electrons. The van der Waals surface area contributed by atoms with Crippen LogP contribution in [0.15, 0.2) is 42.6 Å². The van der Waals surface area contributed by atoms with Gasteiger partial charge in [0.1, 0.15) is 5.15 Å². The number of fused-ring (bicyclic) bond motifs is 1. The summed E-state index contributed by atoms with van der Waals surface area (Å²) in [4.78, 5) is 4.26. The zero-order chi connectivity index (χ0) is 11.8. The Labute approximate surface area is 108 Å². The molecule has 0 fully saturated rings. The molecule has 0 amide bonds. The predicted molar refractivity (Wildman–Crippen MR) is 68.4 cm³/mol. The number of hydrogen-bond acceptors (Lipinski definition) is 2. The minimum absolute atomic E-state index is 0.420. The first kappa shape index (κ1) is 10.6. The number of benzene rings is 1. The Morgan fingerprint density at radius 1 is 1.00 bits per heavy atom. The van der Waals surface area contributed by atoms with E-state index in [1.165, 1.54) is 0 Å². The summed E-state index contributed by atoms with van der Waals surface area (Å²) in [7, 11) is 0. The monoisotopic (exact) mass is 263 g/mol. The molecule has 0 aliphatic heterocycles. The Morgan fingerprint density at radius 2 is 1.82 bits per heavy atom. The number of halogens is 2. The van der Waals surface area contributed by atoms with Crippen LogP contribution < -0.4 is 0 Å². The van der Waals surface area contributed by atoms with Gasteiger partial charge in [-0.3, -0.25) is 0 Å². The summed E-state index contributed by atoms with van der Waals surface area (Å²) >= 11 is 12.0. The van der Waals surface area contributed by atoms with Crippen LogP contribution in [0.25, 0.3) is 16.9 Å². The normalized spacial score (nSPS) is 10.9. The summed E-state index contributed by atoms with van der Waals surface area (Å²) in [6.07, 6.45) is 1.74. The van der Waals surface area contributed by atoms with Gasteiger partial charge in [-0.15, -0.1) is 0 Å². The minimum atomic E-state index is 0.420. The third-order valence-corrected chi connectivity index (χ3v) is 3.01. The number of aromatic nitrogens is 3. The maximum Gasteiger partial charge on any atom is 0.154 e. The molecule has 84 valence electrons. The van der Waals surface area contributed by atoms with Crippen molar-refractivity contribution in [3.63, 3.8) is 0 Å². The van der Waals surface area contributed by atoms with E-state index in [1.54, 1.807) is 16.8 Å². The fraction of sp³-hybridized carbons (Fsp3) is 0. The van der Waals surface area contributed by atoms with Crippen molar-refractivity contribution in [2.45, 2.75) is 0 Å². The highest BCUT2D eigenvalue weighted by molar-refractivity contribution is 6.33. The number of hydrogen-bond donors (Lipinski definition) is 0. The van der Waals surface area contributed by atoms with Crippen molar-refractivity contribution in [3.8, 4) is 11.3 Å². The van der Waals surface area contributed by atoms with Crippen LogP contribution in [-0.4, -0.2) is 14.6 Å². The molecule has 0 unspecified atom stereocenters. The van der Waals surface area contributed by atoms with Gasteiger partial charge in [0, 0.05) is 5.56 Å². The van der Waals surface area contributed by atoms with Crippen molar-refractivity contribution >= 4 is 28.8 Å². The van der Waals surface area contributed by atoms with Crippen LogP contribution in [0.2, 0.25) is 10.2 Å². The fourth-order valence-corrected chi connectivity index (χ4v) is 2.07. The van der Waals surface area contributed by atoms with Gasteiger partial charge >= 0.3 is 0 Å². The van der Waals surface area contributed by atoms with Gasteiger partial charge in [0.05, 0.1) is 16.9 Å². The molecule has 3 nitrogen and oxygen atoms in total. The lowest BCUT2D eigenvalue weighted by molar-refractivity contribution is 0.943. The Hall–Kier alpha value is -1.58. The quantitative estimate of drug-likeness (QED) is 0.670. The molecular formula is C12H7Cl2N3. The standard InChI is InChI=1S/C12H7Cl2N3/c13-9-4-2-1-3-8(9)10-7-15-12-6-5-11(14)16-17(10)12/h1-7H. The average molecular weight is 264 g/mol. The fourth-order valence-electron chi connectivity index (χ4n) is 1.70. The molecule has 0 saturated carbocycles. The van der Waals surface area contributed by atoms with Crippen LogP contribution in [-0.2, 0) is 0 Å². The van der Waals surface area contributed by atoms with Gasteiger partial charge in [-0.1, -0.05) is 41.4 Å². The molecule has 17 heavy (non-hydrogen) atoms. The first-order valence-corrected chi connectivity index (χ1v) is 5.76. The largest absolute Gasteiger partial charge is 0.235 e. The summed E-state index contributed by atoms with van der Waals surface area (Å²) in [6, 6.07) is 11.1. The third-order valence-electron chi connectivity index (χ3n) is 2.48. The molecule has 0 atom stereocenters. The van der Waals surface area contributed by atoms with Crippen LogP contribution in [0.5, 0.6) is 0 Å². The van der Waals surface area contributed by atoms with Gasteiger partial charge in [-0.25, -0.2) is 9.50 Å². The highest BCUT2D eigenvalue weighted by Gasteiger charge is 2.09. The van der Waals surface area contributed by atoms with Crippen molar-refractivity contribution in [1.82, 2.24) is 14.6 Å². The van der Waals surface area contributed by atoms with Crippen LogP contribution >= 0.6 is 23.2 Å². The topological polar surface area (TPSA) is 30.2 Å². The van der Waals surface area contributed by atoms with E-state index in [1.807, 2.05) is 30.3 Å². The SMILES string of the molecule is Clc1ccc2ncc(-c3ccccc3Cl)n2n1. The Balaban J connectivity index is 2.31. The Morgan fingerprint density at radius 3 is 2.65 bits per heavy atom. The second kappa shape index (κ2) is 4.02. The van der Waals surface area contributed by atoms with Crippen LogP contribution in [0.4, 0.5) is 0 Å². The molecule has 2 aromatic heterocycles. The molecule has 0 aliphatic carbocycles. The van der Waals surface area contributed by atoms with Crippen molar-refractivity contribution in [1.29, 1.82) is 0 Å². The van der Waals surface area contributed by atoms with Gasteiger partial charge in [-0.2, -0.15) is 5.10 Å². The molecule has 0 aliphatic rings. The maximum atomic E-state index is 6.15. The Bertz CT molecular complexity index is 691. The van der Waals surface area contributed by atoms with Gasteiger partial charge < -0.3 is 0 Å². The van der Waals surface area contributed by atoms with Crippen molar-refractivity contribution < 1.29 is 0 Å². The summed E-state index contributed by atoms with van der Waals surface area (Å²) in [6.45, 7) is 0. The van der Waals surface area contributed by atoms with E-state index in [9.17, 15) is 0 Å². The second-order valence-electron chi connectivity index (χ2n) is 3.55. The number of nitrogens with zero attached hydrogens (tertiary/aromatic N) is 3. The van der Waals surface area contributed by atoms with E-state index >= 15 is 0 Å². The van der Waals surface area contributed by atoms with Gasteiger partial charge in [0.15, 0.2) is 5.65 Å². The Kier molecular flexibility index (Phi) is 2.50. The van der Waals surface area contributed by atoms with Crippen LogP contribution in [0, 0.1) is 0 Å². The molecule has 2 heterocycles. The highest BCUT2D eigenvalue weighted by Crippen LogP contribution is 2.27. The van der Waals surface area contributed by atoms with Crippen LogP contribution in [0.3, 0.4) is 0 Å². The lowest BCUT2D eigenvalue weighted by Crippen LogP contribution is -1.94. The molecule has 3 aromatic rings. The molecule has 1 aromatic carbocycles. The maximum absolute atomic E-state index is 6.15. The minimum Gasteiger partial charge on any atom is -0.235 e. The molecule has 0 spiro atoms. The second-order valence-corrected chi connectivity index (χ2v) is 4.34. The van der Waals surface area contributed by atoms with Crippen molar-refractivity contribution in [2.24, 2.45) is 0 Å². The van der Waals surface area contributed by atoms with Gasteiger partial charge in [-0.05, 0) is 18.2 Å². The lowest BCUT2D eigenvalue weighted by atomic mass is 10.2. The van der Waals surface area contributed by atoms with Gasteiger partial charge in [0.2, 0.25) is 0 Å². The molecule has 0 bridgehead atoms. The molecule has 5 heteroatoms. The van der Waals surface area contributed by atoms with E-state index in [0.29, 0.717) is 10.2 Å². The molecule has 3 rings (SSSR count). The number of rotatable bonds is 1. The third kappa shape index (κ3) is 1.77. The number of imidazole rings is 1. The summed E-state index contributed by atoms with van der Waals surface area (Å²) in [5.41, 5.74) is 2.45.